The zero-order chi connectivity index (χ0) is 28.1. The van der Waals surface area contributed by atoms with Crippen molar-refractivity contribution in [3.63, 3.8) is 0 Å². The van der Waals surface area contributed by atoms with Crippen LogP contribution in [0.25, 0.3) is 22.3 Å². The minimum Gasteiger partial charge on any atom is -0.496 e. The molecule has 0 radical (unpaired) electrons. The van der Waals surface area contributed by atoms with E-state index in [-0.39, 0.29) is 18.1 Å². The molecule has 0 spiro atoms. The molecule has 0 amide bonds. The minimum absolute atomic E-state index is 0.197. The predicted molar refractivity (Wildman–Crippen MR) is 153 cm³/mol. The van der Waals surface area contributed by atoms with Gasteiger partial charge in [0.2, 0.25) is 0 Å². The molecule has 0 aliphatic carbocycles. The molecule has 0 unspecified atom stereocenters. The van der Waals surface area contributed by atoms with E-state index < -0.39 is 12.1 Å². The maximum absolute atomic E-state index is 13.7. The standard InChI is InChI=1S/C31H33N3O5/c1-7-38-31(36)21(5)39-23-12-10-11-22(16-23)18-32-34-29(33-27-14-9-8-13-24(27)30(34)35)26-17-25(19(2)3)28(37-6)15-20(26)4/h8-19,21H,7H2,1-6H3/t21-/m0/s1. The number of rotatable bonds is 9. The number of aromatic nitrogens is 2. The molecule has 4 aromatic rings. The Labute approximate surface area is 227 Å². The van der Waals surface area contributed by atoms with Crippen LogP contribution in [0.1, 0.15) is 50.3 Å². The molecule has 8 nitrogen and oxygen atoms in total. The molecule has 0 fully saturated rings. The summed E-state index contributed by atoms with van der Waals surface area (Å²) in [7, 11) is 1.65. The van der Waals surface area contributed by atoms with Gasteiger partial charge in [-0.15, -0.1) is 0 Å². The van der Waals surface area contributed by atoms with Crippen molar-refractivity contribution in [3.8, 4) is 22.9 Å². The summed E-state index contributed by atoms with van der Waals surface area (Å²) in [4.78, 5) is 30.5. The number of nitrogens with zero attached hydrogens (tertiary/aromatic N) is 3. The Kier molecular flexibility index (Phi) is 8.44. The van der Waals surface area contributed by atoms with Gasteiger partial charge in [0.15, 0.2) is 11.9 Å². The Morgan fingerprint density at radius 3 is 2.56 bits per heavy atom. The van der Waals surface area contributed by atoms with Crippen LogP contribution in [0, 0.1) is 6.92 Å². The van der Waals surface area contributed by atoms with E-state index in [4.69, 9.17) is 19.2 Å². The van der Waals surface area contributed by atoms with Crippen LogP contribution < -0.4 is 15.0 Å². The van der Waals surface area contributed by atoms with Crippen molar-refractivity contribution in [1.29, 1.82) is 0 Å². The Bertz CT molecular complexity index is 1590. The zero-order valence-electron chi connectivity index (χ0n) is 23.1. The van der Waals surface area contributed by atoms with Crippen molar-refractivity contribution in [2.24, 2.45) is 5.10 Å². The van der Waals surface area contributed by atoms with E-state index in [1.807, 2.05) is 37.3 Å². The van der Waals surface area contributed by atoms with Gasteiger partial charge in [-0.2, -0.15) is 9.78 Å². The average Bonchev–Trinajstić information content (AvgIpc) is 2.92. The van der Waals surface area contributed by atoms with E-state index in [0.29, 0.717) is 28.0 Å². The first kappa shape index (κ1) is 27.6. The maximum atomic E-state index is 13.7. The molecule has 202 valence electrons. The molecule has 3 aromatic carbocycles. The Balaban J connectivity index is 1.81. The first-order chi connectivity index (χ1) is 18.7. The second-order valence-electron chi connectivity index (χ2n) is 9.46. The van der Waals surface area contributed by atoms with Gasteiger partial charge in [0.05, 0.1) is 30.8 Å². The van der Waals surface area contributed by atoms with Crippen LogP contribution in [-0.4, -0.2) is 41.7 Å². The van der Waals surface area contributed by atoms with Crippen LogP contribution in [-0.2, 0) is 9.53 Å². The summed E-state index contributed by atoms with van der Waals surface area (Å²) in [5, 5.41) is 5.05. The van der Waals surface area contributed by atoms with Crippen LogP contribution in [0.3, 0.4) is 0 Å². The number of methoxy groups -OCH3 is 1. The summed E-state index contributed by atoms with van der Waals surface area (Å²) >= 11 is 0. The Morgan fingerprint density at radius 1 is 1.08 bits per heavy atom. The smallest absolute Gasteiger partial charge is 0.347 e. The summed E-state index contributed by atoms with van der Waals surface area (Å²) in [5.74, 6) is 1.46. The molecule has 8 heteroatoms. The third-order valence-electron chi connectivity index (χ3n) is 6.31. The number of aryl methyl sites for hydroxylation is 1. The SMILES string of the molecule is CCOC(=O)[C@H](C)Oc1cccc(C=Nn2c(-c3cc(C(C)C)c(OC)cc3C)nc3ccccc3c2=O)c1. The summed E-state index contributed by atoms with van der Waals surface area (Å²) < 4.78 is 17.7. The van der Waals surface area contributed by atoms with Crippen molar-refractivity contribution < 1.29 is 19.0 Å². The van der Waals surface area contributed by atoms with E-state index >= 15 is 0 Å². The molecule has 0 saturated heterocycles. The highest BCUT2D eigenvalue weighted by Gasteiger charge is 2.19. The third-order valence-corrected chi connectivity index (χ3v) is 6.31. The average molecular weight is 528 g/mol. The number of carbonyl (C=O) groups excluding carboxylic acids is 1. The second kappa shape index (κ2) is 11.9. The molecule has 0 aliphatic heterocycles. The van der Waals surface area contributed by atoms with Crippen LogP contribution in [0.2, 0.25) is 0 Å². The molecular formula is C31H33N3O5. The lowest BCUT2D eigenvalue weighted by molar-refractivity contribution is -0.150. The van der Waals surface area contributed by atoms with Crippen molar-refractivity contribution >= 4 is 23.1 Å². The fraction of sp³-hybridized carbons (Fsp3) is 0.290. The van der Waals surface area contributed by atoms with Crippen LogP contribution in [0.5, 0.6) is 11.5 Å². The molecule has 1 aromatic heterocycles. The highest BCUT2D eigenvalue weighted by atomic mass is 16.6. The zero-order valence-corrected chi connectivity index (χ0v) is 23.1. The Morgan fingerprint density at radius 2 is 1.85 bits per heavy atom. The highest BCUT2D eigenvalue weighted by molar-refractivity contribution is 5.83. The number of carbonyl (C=O) groups is 1. The van der Waals surface area contributed by atoms with Gasteiger partial charge in [0.25, 0.3) is 5.56 Å². The van der Waals surface area contributed by atoms with Gasteiger partial charge in [0.1, 0.15) is 11.5 Å². The topological polar surface area (TPSA) is 92.0 Å². The largest absolute Gasteiger partial charge is 0.496 e. The molecule has 4 rings (SSSR count). The van der Waals surface area contributed by atoms with E-state index in [1.54, 1.807) is 57.5 Å². The van der Waals surface area contributed by atoms with Crippen molar-refractivity contribution in [2.75, 3.05) is 13.7 Å². The Hall–Kier alpha value is -4.46. The molecule has 1 atom stereocenters. The number of ether oxygens (including phenoxy) is 3. The minimum atomic E-state index is -0.760. The first-order valence-electron chi connectivity index (χ1n) is 12.9. The molecule has 0 aliphatic rings. The van der Waals surface area contributed by atoms with Crippen molar-refractivity contribution in [3.05, 3.63) is 87.7 Å². The fourth-order valence-electron chi connectivity index (χ4n) is 4.28. The lowest BCUT2D eigenvalue weighted by Crippen LogP contribution is -2.26. The second-order valence-corrected chi connectivity index (χ2v) is 9.46. The number of para-hydroxylation sites is 1. The van der Waals surface area contributed by atoms with Crippen molar-refractivity contribution in [2.45, 2.75) is 46.6 Å². The van der Waals surface area contributed by atoms with Crippen molar-refractivity contribution in [1.82, 2.24) is 9.66 Å². The van der Waals surface area contributed by atoms with E-state index in [1.165, 1.54) is 4.68 Å². The van der Waals surface area contributed by atoms with Gasteiger partial charge < -0.3 is 14.2 Å². The predicted octanol–water partition coefficient (Wildman–Crippen LogP) is 5.72. The van der Waals surface area contributed by atoms with Crippen LogP contribution in [0.15, 0.2) is 70.6 Å². The first-order valence-corrected chi connectivity index (χ1v) is 12.9. The molecule has 39 heavy (non-hydrogen) atoms. The summed E-state index contributed by atoms with van der Waals surface area (Å²) in [6.45, 7) is 9.80. The van der Waals surface area contributed by atoms with Gasteiger partial charge in [-0.25, -0.2) is 9.78 Å². The lowest BCUT2D eigenvalue weighted by atomic mass is 9.96. The molecule has 0 saturated carbocycles. The number of esters is 1. The fourth-order valence-corrected chi connectivity index (χ4v) is 4.28. The lowest BCUT2D eigenvalue weighted by Gasteiger charge is -2.17. The number of benzene rings is 3. The molecule has 0 N–H and O–H groups in total. The number of hydrogen-bond acceptors (Lipinski definition) is 7. The van der Waals surface area contributed by atoms with Gasteiger partial charge in [-0.1, -0.05) is 38.1 Å². The normalized spacial score (nSPS) is 12.2. The third kappa shape index (κ3) is 6.00. The molecule has 1 heterocycles. The molecular weight excluding hydrogens is 494 g/mol. The summed E-state index contributed by atoms with van der Waals surface area (Å²) in [6, 6.07) is 18.3. The van der Waals surface area contributed by atoms with Gasteiger partial charge >= 0.3 is 5.97 Å². The van der Waals surface area contributed by atoms with Crippen LogP contribution >= 0.6 is 0 Å². The van der Waals surface area contributed by atoms with Gasteiger partial charge in [-0.3, -0.25) is 4.79 Å². The van der Waals surface area contributed by atoms with E-state index in [0.717, 1.165) is 22.4 Å². The van der Waals surface area contributed by atoms with E-state index in [2.05, 4.69) is 18.9 Å². The quantitative estimate of drug-likeness (QED) is 0.204. The molecule has 0 bridgehead atoms. The number of fused-ring (bicyclic) bond motifs is 1. The number of hydrogen-bond donors (Lipinski definition) is 0. The van der Waals surface area contributed by atoms with Gasteiger partial charge in [-0.05, 0) is 79.8 Å². The maximum Gasteiger partial charge on any atom is 0.347 e. The monoisotopic (exact) mass is 527 g/mol. The highest BCUT2D eigenvalue weighted by Crippen LogP contribution is 2.34. The summed E-state index contributed by atoms with van der Waals surface area (Å²) in [6.07, 6.45) is 0.815. The van der Waals surface area contributed by atoms with E-state index in [9.17, 15) is 9.59 Å². The van der Waals surface area contributed by atoms with Crippen LogP contribution in [0.4, 0.5) is 0 Å². The summed E-state index contributed by atoms with van der Waals surface area (Å²) in [5.41, 5.74) is 3.70. The van der Waals surface area contributed by atoms with Gasteiger partial charge in [0, 0.05) is 5.56 Å².